The van der Waals surface area contributed by atoms with E-state index in [2.05, 4.69) is 41.5 Å². The van der Waals surface area contributed by atoms with Gasteiger partial charge >= 0.3 is 12.1 Å². The fourth-order valence-corrected chi connectivity index (χ4v) is 16.4. The molecule has 7 heteroatoms. The summed E-state index contributed by atoms with van der Waals surface area (Å²) < 4.78 is 46.6. The van der Waals surface area contributed by atoms with Gasteiger partial charge < -0.3 is 14.2 Å². The molecule has 0 spiro atoms. The first-order valence-corrected chi connectivity index (χ1v) is 33.0. The molecule has 9 fully saturated rings. The number of hydrogen-bond acceptors (Lipinski definition) is 5. The Kier molecular flexibility index (Phi) is 25.0. The molecule has 0 aromatic heterocycles. The lowest BCUT2D eigenvalue weighted by molar-refractivity contribution is -0.301. The third kappa shape index (κ3) is 20.7. The van der Waals surface area contributed by atoms with Crippen LogP contribution in [0.2, 0.25) is 0 Å². The summed E-state index contributed by atoms with van der Waals surface area (Å²) in [4.78, 5) is 12.5. The van der Waals surface area contributed by atoms with Crippen molar-refractivity contribution in [2.75, 3.05) is 0 Å². The fourth-order valence-electron chi connectivity index (χ4n) is 16.0. The highest BCUT2D eigenvalue weighted by molar-refractivity contribution is 7.80. The first-order chi connectivity index (χ1) is 35.1. The number of esters is 1. The molecule has 9 saturated carbocycles. The molecule has 0 saturated heterocycles. The van der Waals surface area contributed by atoms with Crippen molar-refractivity contribution in [3.63, 3.8) is 0 Å². The number of carbonyl (C=O) groups is 1. The lowest BCUT2D eigenvalue weighted by atomic mass is 9.73. The van der Waals surface area contributed by atoms with E-state index in [-0.39, 0.29) is 24.1 Å². The number of ether oxygens (including phenoxy) is 3. The first-order valence-electron chi connectivity index (χ1n) is 32.6. The molecule has 0 unspecified atom stereocenters. The van der Waals surface area contributed by atoms with Crippen molar-refractivity contribution in [2.45, 2.75) is 316 Å². The molecule has 0 amide bonds. The van der Waals surface area contributed by atoms with Gasteiger partial charge in [-0.05, 0) is 257 Å². The molecular formula is C66H114F2O4S. The van der Waals surface area contributed by atoms with Gasteiger partial charge in [-0.15, -0.1) is 0 Å². The van der Waals surface area contributed by atoms with Crippen LogP contribution in [0.5, 0.6) is 0 Å². The third-order valence-electron chi connectivity index (χ3n) is 21.9. The lowest BCUT2D eigenvalue weighted by Gasteiger charge is -2.38. The Morgan fingerprint density at radius 3 is 0.959 bits per heavy atom. The average Bonchev–Trinajstić information content (AvgIpc) is 3.39. The molecule has 73 heavy (non-hydrogen) atoms. The standard InChI is InChI=1S/C22H38F2O.C22H38O2.C22H38OS/c1-16-3-7-18(8-4-16)15-19-9-11-20(12-10-19)22(23,24)25-21-13-5-17(2)6-14-21;1-16-3-7-18(8-4-16)15-19-9-11-20(12-10-19)22(23)24-21-13-5-17(2)6-14-21;1-16-3-7-18(8-4-16)15-19-9-11-20(12-10-19)22(24)23-21-13-5-17(2)6-14-21/h16-21H,3-15H2,1-2H3;2*16-21H,3-15H2,1-2H3. The Balaban J connectivity index is 0.000000160. The molecule has 0 radical (unpaired) electrons. The van der Waals surface area contributed by atoms with Gasteiger partial charge in [0, 0.05) is 5.92 Å². The van der Waals surface area contributed by atoms with Crippen LogP contribution in [0.1, 0.15) is 292 Å². The number of halogens is 2. The Labute approximate surface area is 454 Å². The van der Waals surface area contributed by atoms with Gasteiger partial charge in [0.15, 0.2) is 5.05 Å². The molecule has 0 atom stereocenters. The summed E-state index contributed by atoms with van der Waals surface area (Å²) in [5, 5.41) is 0.958. The van der Waals surface area contributed by atoms with Crippen molar-refractivity contribution in [2.24, 2.45) is 88.8 Å². The predicted molar refractivity (Wildman–Crippen MR) is 304 cm³/mol. The zero-order valence-corrected chi connectivity index (χ0v) is 49.1. The molecule has 0 N–H and O–H groups in total. The molecule has 422 valence electrons. The molecule has 4 nitrogen and oxygen atoms in total. The van der Waals surface area contributed by atoms with Crippen molar-refractivity contribution in [1.82, 2.24) is 0 Å². The van der Waals surface area contributed by atoms with E-state index < -0.39 is 12.0 Å². The van der Waals surface area contributed by atoms with E-state index in [1.807, 2.05) is 0 Å². The van der Waals surface area contributed by atoms with Crippen LogP contribution in [-0.2, 0) is 19.0 Å². The molecule has 9 aliphatic carbocycles. The second-order valence-electron chi connectivity index (χ2n) is 28.4. The van der Waals surface area contributed by atoms with Crippen LogP contribution in [0.15, 0.2) is 0 Å². The number of hydrogen-bond donors (Lipinski definition) is 0. The average molecular weight is 1040 g/mol. The summed E-state index contributed by atoms with van der Waals surface area (Å²) in [6, 6.07) is 0. The number of carbonyl (C=O) groups excluding carboxylic acids is 1. The fraction of sp³-hybridized carbons (Fsp3) is 0.970. The Hall–Kier alpha value is -0.820. The van der Waals surface area contributed by atoms with Crippen LogP contribution in [0.3, 0.4) is 0 Å². The predicted octanol–water partition coefficient (Wildman–Crippen LogP) is 20.3. The van der Waals surface area contributed by atoms with Crippen molar-refractivity contribution in [3.8, 4) is 0 Å². The summed E-state index contributed by atoms with van der Waals surface area (Å²) in [5.74, 6) is 10.9. The molecule has 9 rings (SSSR count). The van der Waals surface area contributed by atoms with Gasteiger partial charge in [0.05, 0.1) is 24.0 Å². The maximum absolute atomic E-state index is 14.6. The van der Waals surface area contributed by atoms with Gasteiger partial charge in [0.2, 0.25) is 0 Å². The first kappa shape index (κ1) is 59.8. The third-order valence-corrected chi connectivity index (χ3v) is 22.3. The monoisotopic (exact) mass is 1040 g/mol. The van der Waals surface area contributed by atoms with Crippen LogP contribution in [0.4, 0.5) is 8.78 Å². The smallest absolute Gasteiger partial charge is 0.358 e. The van der Waals surface area contributed by atoms with Gasteiger partial charge in [-0.1, -0.05) is 119 Å². The van der Waals surface area contributed by atoms with Gasteiger partial charge in [-0.3, -0.25) is 4.79 Å². The summed E-state index contributed by atoms with van der Waals surface area (Å²) in [5.41, 5.74) is 0. The summed E-state index contributed by atoms with van der Waals surface area (Å²) in [7, 11) is 0. The van der Waals surface area contributed by atoms with E-state index in [1.54, 1.807) is 0 Å². The molecular weight excluding hydrogens is 927 g/mol. The van der Waals surface area contributed by atoms with Crippen molar-refractivity contribution in [1.29, 1.82) is 0 Å². The van der Waals surface area contributed by atoms with Crippen molar-refractivity contribution >= 4 is 23.2 Å². The minimum atomic E-state index is -2.91. The quantitative estimate of drug-likeness (QED) is 0.136. The molecule has 9 aliphatic rings. The van der Waals surface area contributed by atoms with E-state index in [0.29, 0.717) is 36.7 Å². The lowest BCUT2D eigenvalue weighted by Crippen LogP contribution is -2.39. The minimum Gasteiger partial charge on any atom is -0.484 e. The molecule has 0 bridgehead atoms. The summed E-state index contributed by atoms with van der Waals surface area (Å²) >= 11 is 5.67. The Morgan fingerprint density at radius 1 is 0.356 bits per heavy atom. The van der Waals surface area contributed by atoms with Crippen LogP contribution in [-0.4, -0.2) is 35.4 Å². The Bertz CT molecular complexity index is 1440. The van der Waals surface area contributed by atoms with Gasteiger partial charge in [-0.2, -0.15) is 8.78 Å². The number of thiocarbonyl (C=S) groups is 1. The highest BCUT2D eigenvalue weighted by Crippen LogP contribution is 2.46. The topological polar surface area (TPSA) is 44.8 Å². The SMILES string of the molecule is CC1CCC(CC2CCC(C(=O)OC3CCC(C)CC3)CC2)CC1.CC1CCC(CC2CCC(C(=S)OC3CCC(C)CC3)CC2)CC1.CC1CCC(CC2CCC(C(F)(F)OC3CCC(C)CC3)CC2)CC1. The molecule has 0 aromatic rings. The number of alkyl halides is 2. The second-order valence-corrected chi connectivity index (χ2v) is 28.8. The van der Waals surface area contributed by atoms with Gasteiger partial charge in [0.1, 0.15) is 6.10 Å². The van der Waals surface area contributed by atoms with Crippen LogP contribution < -0.4 is 0 Å². The Morgan fingerprint density at radius 2 is 0.616 bits per heavy atom. The molecule has 0 heterocycles. The van der Waals surface area contributed by atoms with E-state index in [9.17, 15) is 13.6 Å². The van der Waals surface area contributed by atoms with Crippen LogP contribution in [0, 0.1) is 88.8 Å². The zero-order chi connectivity index (χ0) is 51.7. The van der Waals surface area contributed by atoms with E-state index in [1.165, 1.54) is 173 Å². The zero-order valence-electron chi connectivity index (χ0n) is 48.3. The number of rotatable bonds is 13. The van der Waals surface area contributed by atoms with E-state index in [4.69, 9.17) is 26.4 Å². The summed E-state index contributed by atoms with van der Waals surface area (Å²) in [6.45, 7) is 14.1. The van der Waals surface area contributed by atoms with E-state index >= 15 is 0 Å². The molecule has 0 aliphatic heterocycles. The highest BCUT2D eigenvalue weighted by Gasteiger charge is 2.45. The second kappa shape index (κ2) is 30.5. The van der Waals surface area contributed by atoms with Gasteiger partial charge in [0.25, 0.3) is 0 Å². The largest absolute Gasteiger partial charge is 0.484 e. The summed E-state index contributed by atoms with van der Waals surface area (Å²) in [6.07, 6.45) is 45.6. The van der Waals surface area contributed by atoms with Crippen LogP contribution >= 0.6 is 12.2 Å². The van der Waals surface area contributed by atoms with Gasteiger partial charge in [-0.25, -0.2) is 0 Å². The highest BCUT2D eigenvalue weighted by atomic mass is 32.1. The van der Waals surface area contributed by atoms with Crippen molar-refractivity contribution in [3.05, 3.63) is 0 Å². The molecule has 0 aromatic carbocycles. The maximum Gasteiger partial charge on any atom is 0.358 e. The van der Waals surface area contributed by atoms with E-state index in [0.717, 1.165) is 128 Å². The maximum atomic E-state index is 14.6. The minimum absolute atomic E-state index is 0.125. The van der Waals surface area contributed by atoms with Crippen LogP contribution in [0.25, 0.3) is 0 Å². The van der Waals surface area contributed by atoms with Crippen molar-refractivity contribution < 1.29 is 27.8 Å². The normalized spacial score (nSPS) is 40.9.